The maximum Gasteiger partial charge on any atom is 0.221 e. The molecule has 0 atom stereocenters. The first-order chi connectivity index (χ1) is 8.11. The molecule has 0 aliphatic carbocycles. The van der Waals surface area contributed by atoms with Gasteiger partial charge >= 0.3 is 0 Å². The molecule has 1 aromatic rings. The van der Waals surface area contributed by atoms with E-state index in [1.807, 2.05) is 31.2 Å². The van der Waals surface area contributed by atoms with Crippen molar-refractivity contribution >= 4 is 17.4 Å². The van der Waals surface area contributed by atoms with E-state index in [-0.39, 0.29) is 5.91 Å². The molecule has 0 aliphatic rings. The Kier molecular flexibility index (Phi) is 5.40. The average molecular weight is 233 g/mol. The molecule has 0 fully saturated rings. The molecule has 0 unspecified atom stereocenters. The predicted molar refractivity (Wildman–Crippen MR) is 69.0 cm³/mol. The number of amides is 1. The number of ketones is 1. The van der Waals surface area contributed by atoms with Crippen LogP contribution < -0.4 is 5.32 Å². The molecule has 1 amide bonds. The summed E-state index contributed by atoms with van der Waals surface area (Å²) in [6.45, 7) is 3.38. The Balaban J connectivity index is 2.48. The summed E-state index contributed by atoms with van der Waals surface area (Å²) < 4.78 is 0. The lowest BCUT2D eigenvalue weighted by molar-refractivity contribution is -0.118. The maximum atomic E-state index is 11.2. The molecule has 3 nitrogen and oxygen atoms in total. The van der Waals surface area contributed by atoms with Gasteiger partial charge in [0.15, 0.2) is 0 Å². The van der Waals surface area contributed by atoms with E-state index in [0.29, 0.717) is 18.6 Å². The van der Waals surface area contributed by atoms with E-state index in [4.69, 9.17) is 0 Å². The van der Waals surface area contributed by atoms with Crippen LogP contribution in [0.25, 0.3) is 0 Å². The highest BCUT2D eigenvalue weighted by molar-refractivity contribution is 5.88. The van der Waals surface area contributed by atoms with Crippen LogP contribution >= 0.6 is 0 Å². The Morgan fingerprint density at radius 3 is 2.71 bits per heavy atom. The first-order valence-electron chi connectivity index (χ1n) is 6.00. The summed E-state index contributed by atoms with van der Waals surface area (Å²) >= 11 is 0. The molecule has 1 N–H and O–H groups in total. The van der Waals surface area contributed by atoms with Gasteiger partial charge in [0.1, 0.15) is 5.78 Å². The number of rotatable bonds is 6. The van der Waals surface area contributed by atoms with E-state index in [0.717, 1.165) is 24.1 Å². The predicted octanol–water partition coefficient (Wildman–Crippen LogP) is 2.95. The van der Waals surface area contributed by atoms with Crippen molar-refractivity contribution in [2.75, 3.05) is 5.32 Å². The van der Waals surface area contributed by atoms with Crippen molar-refractivity contribution in [3.63, 3.8) is 0 Å². The Labute approximate surface area is 102 Å². The standard InChI is InChI=1S/C14H19NO2/c1-3-14(17)9-5-7-12-6-4-8-13(10-12)15-11(2)16/h4,6,8,10H,3,5,7,9H2,1-2H3,(H,15,16). The van der Waals surface area contributed by atoms with Crippen LogP contribution in [-0.2, 0) is 16.0 Å². The summed E-state index contributed by atoms with van der Waals surface area (Å²) in [4.78, 5) is 22.1. The van der Waals surface area contributed by atoms with Gasteiger partial charge in [-0.3, -0.25) is 9.59 Å². The van der Waals surface area contributed by atoms with Crippen molar-refractivity contribution in [2.45, 2.75) is 39.5 Å². The third kappa shape index (κ3) is 5.29. The van der Waals surface area contributed by atoms with Gasteiger partial charge in [-0.15, -0.1) is 0 Å². The summed E-state index contributed by atoms with van der Waals surface area (Å²) in [7, 11) is 0. The highest BCUT2D eigenvalue weighted by atomic mass is 16.1. The number of hydrogen-bond donors (Lipinski definition) is 1. The van der Waals surface area contributed by atoms with Crippen LogP contribution in [0.1, 0.15) is 38.7 Å². The van der Waals surface area contributed by atoms with Gasteiger partial charge in [-0.1, -0.05) is 19.1 Å². The molecular formula is C14H19NO2. The Morgan fingerprint density at radius 2 is 2.06 bits per heavy atom. The van der Waals surface area contributed by atoms with Gasteiger partial charge < -0.3 is 5.32 Å². The zero-order valence-electron chi connectivity index (χ0n) is 10.5. The van der Waals surface area contributed by atoms with Crippen LogP contribution in [0.3, 0.4) is 0 Å². The Morgan fingerprint density at radius 1 is 1.29 bits per heavy atom. The van der Waals surface area contributed by atoms with Gasteiger partial charge in [-0.2, -0.15) is 0 Å². The summed E-state index contributed by atoms with van der Waals surface area (Å²) in [5.41, 5.74) is 1.97. The smallest absolute Gasteiger partial charge is 0.221 e. The monoisotopic (exact) mass is 233 g/mol. The molecule has 0 aliphatic heterocycles. The van der Waals surface area contributed by atoms with E-state index < -0.39 is 0 Å². The third-order valence-electron chi connectivity index (χ3n) is 2.56. The maximum absolute atomic E-state index is 11.2. The lowest BCUT2D eigenvalue weighted by Crippen LogP contribution is -2.05. The van der Waals surface area contributed by atoms with Crippen LogP contribution in [0.5, 0.6) is 0 Å². The summed E-state index contributed by atoms with van der Waals surface area (Å²) in [6.07, 6.45) is 3.00. The van der Waals surface area contributed by atoms with Gasteiger partial charge in [-0.05, 0) is 30.5 Å². The third-order valence-corrected chi connectivity index (χ3v) is 2.56. The van der Waals surface area contributed by atoms with E-state index >= 15 is 0 Å². The van der Waals surface area contributed by atoms with E-state index in [1.165, 1.54) is 6.92 Å². The molecule has 1 aromatic carbocycles. The molecule has 0 saturated heterocycles. The number of carbonyl (C=O) groups excluding carboxylic acids is 2. The highest BCUT2D eigenvalue weighted by Gasteiger charge is 2.01. The minimum atomic E-state index is -0.0664. The van der Waals surface area contributed by atoms with Crippen LogP contribution in [0.4, 0.5) is 5.69 Å². The number of nitrogens with one attached hydrogen (secondary N) is 1. The SMILES string of the molecule is CCC(=O)CCCc1cccc(NC(C)=O)c1. The van der Waals surface area contributed by atoms with Gasteiger partial charge in [-0.25, -0.2) is 0 Å². The molecular weight excluding hydrogens is 214 g/mol. The molecule has 0 aromatic heterocycles. The first-order valence-corrected chi connectivity index (χ1v) is 6.00. The van der Waals surface area contributed by atoms with Crippen LogP contribution in [0.15, 0.2) is 24.3 Å². The number of anilines is 1. The van der Waals surface area contributed by atoms with Gasteiger partial charge in [0.25, 0.3) is 0 Å². The van der Waals surface area contributed by atoms with E-state index in [1.54, 1.807) is 0 Å². The van der Waals surface area contributed by atoms with Crippen LogP contribution in [-0.4, -0.2) is 11.7 Å². The number of Topliss-reactive ketones (excluding diaryl/α,β-unsaturated/α-hetero) is 1. The summed E-state index contributed by atoms with van der Waals surface area (Å²) in [5.74, 6) is 0.242. The van der Waals surface area contributed by atoms with Gasteiger partial charge in [0.05, 0.1) is 0 Å². The Bertz CT molecular complexity index is 399. The molecule has 3 heteroatoms. The van der Waals surface area contributed by atoms with E-state index in [2.05, 4.69) is 5.32 Å². The highest BCUT2D eigenvalue weighted by Crippen LogP contribution is 2.13. The molecule has 0 radical (unpaired) electrons. The molecule has 92 valence electrons. The van der Waals surface area contributed by atoms with Crippen molar-refractivity contribution in [3.05, 3.63) is 29.8 Å². The van der Waals surface area contributed by atoms with Crippen molar-refractivity contribution in [3.8, 4) is 0 Å². The topological polar surface area (TPSA) is 46.2 Å². The normalized spacial score (nSPS) is 10.0. The first kappa shape index (κ1) is 13.4. The minimum absolute atomic E-state index is 0.0664. The fourth-order valence-corrected chi connectivity index (χ4v) is 1.67. The van der Waals surface area contributed by atoms with Crippen molar-refractivity contribution in [2.24, 2.45) is 0 Å². The van der Waals surface area contributed by atoms with Crippen molar-refractivity contribution in [1.29, 1.82) is 0 Å². The number of benzene rings is 1. The quantitative estimate of drug-likeness (QED) is 0.821. The zero-order valence-corrected chi connectivity index (χ0v) is 10.5. The van der Waals surface area contributed by atoms with Crippen molar-refractivity contribution in [1.82, 2.24) is 0 Å². The molecule has 17 heavy (non-hydrogen) atoms. The second-order valence-electron chi connectivity index (χ2n) is 4.13. The lowest BCUT2D eigenvalue weighted by Gasteiger charge is -2.05. The average Bonchev–Trinajstić information content (AvgIpc) is 2.28. The fourth-order valence-electron chi connectivity index (χ4n) is 1.67. The van der Waals surface area contributed by atoms with Crippen LogP contribution in [0, 0.1) is 0 Å². The van der Waals surface area contributed by atoms with Crippen LogP contribution in [0.2, 0.25) is 0 Å². The lowest BCUT2D eigenvalue weighted by atomic mass is 10.1. The van der Waals surface area contributed by atoms with Gasteiger partial charge in [0, 0.05) is 25.5 Å². The molecule has 0 saturated carbocycles. The number of hydrogen-bond acceptors (Lipinski definition) is 2. The molecule has 0 heterocycles. The largest absolute Gasteiger partial charge is 0.326 e. The van der Waals surface area contributed by atoms with Gasteiger partial charge in [0.2, 0.25) is 5.91 Å². The number of carbonyl (C=O) groups is 2. The molecule has 1 rings (SSSR count). The summed E-state index contributed by atoms with van der Waals surface area (Å²) in [6, 6.07) is 7.75. The number of aryl methyl sites for hydroxylation is 1. The Hall–Kier alpha value is -1.64. The fraction of sp³-hybridized carbons (Fsp3) is 0.429. The molecule has 0 spiro atoms. The van der Waals surface area contributed by atoms with Crippen molar-refractivity contribution < 1.29 is 9.59 Å². The second kappa shape index (κ2) is 6.84. The van der Waals surface area contributed by atoms with E-state index in [9.17, 15) is 9.59 Å². The molecule has 0 bridgehead atoms. The second-order valence-corrected chi connectivity index (χ2v) is 4.13. The minimum Gasteiger partial charge on any atom is -0.326 e. The summed E-state index contributed by atoms with van der Waals surface area (Å²) in [5, 5.41) is 2.75. The zero-order chi connectivity index (χ0) is 12.7.